The maximum atomic E-state index is 11.7. The molecule has 0 aromatic heterocycles. The Bertz CT molecular complexity index is 278. The normalized spacial score (nSPS) is 32.2. The van der Waals surface area contributed by atoms with Gasteiger partial charge in [0.15, 0.2) is 0 Å². The first-order valence-corrected chi connectivity index (χ1v) is 8.04. The number of esters is 1. The van der Waals surface area contributed by atoms with Crippen molar-refractivity contribution in [3.63, 3.8) is 0 Å². The molecule has 0 amide bonds. The van der Waals surface area contributed by atoms with E-state index in [1.807, 2.05) is 6.92 Å². The van der Waals surface area contributed by atoms with Crippen LogP contribution in [0.1, 0.15) is 45.4 Å². The molecule has 0 spiro atoms. The molecule has 0 aliphatic heterocycles. The van der Waals surface area contributed by atoms with E-state index in [0.717, 1.165) is 25.4 Å². The second-order valence-electron chi connectivity index (χ2n) is 5.43. The maximum absolute atomic E-state index is 11.7. The molecule has 2 rings (SSSR count). The van der Waals surface area contributed by atoms with Crippen molar-refractivity contribution in [3.8, 4) is 0 Å². The first-order valence-electron chi connectivity index (χ1n) is 7.13. The van der Waals surface area contributed by atoms with E-state index >= 15 is 0 Å². The lowest BCUT2D eigenvalue weighted by molar-refractivity contribution is -0.148. The summed E-state index contributed by atoms with van der Waals surface area (Å²) in [6, 6.07) is 0. The minimum Gasteiger partial charge on any atom is -0.466 e. The van der Waals surface area contributed by atoms with E-state index < -0.39 is 0 Å². The van der Waals surface area contributed by atoms with Gasteiger partial charge >= 0.3 is 5.97 Å². The van der Waals surface area contributed by atoms with Crippen LogP contribution in [-0.2, 0) is 14.3 Å². The summed E-state index contributed by atoms with van der Waals surface area (Å²) in [5.41, 5.74) is 0. The largest absolute Gasteiger partial charge is 0.466 e. The van der Waals surface area contributed by atoms with Gasteiger partial charge in [-0.3, -0.25) is 4.79 Å². The van der Waals surface area contributed by atoms with Crippen molar-refractivity contribution >= 4 is 21.9 Å². The summed E-state index contributed by atoms with van der Waals surface area (Å²) in [5, 5.41) is 0. The number of rotatable bonds is 6. The van der Waals surface area contributed by atoms with E-state index in [9.17, 15) is 4.79 Å². The van der Waals surface area contributed by atoms with E-state index in [1.54, 1.807) is 0 Å². The van der Waals surface area contributed by atoms with Crippen LogP contribution >= 0.6 is 15.9 Å². The maximum Gasteiger partial charge on any atom is 0.309 e. The third-order valence-corrected chi connectivity index (χ3v) is 5.10. The molecule has 104 valence electrons. The second-order valence-corrected chi connectivity index (χ2v) is 6.61. The highest BCUT2D eigenvalue weighted by Gasteiger charge is 2.38. The van der Waals surface area contributed by atoms with Crippen molar-refractivity contribution in [2.24, 2.45) is 11.8 Å². The fraction of sp³-hybridized carbons (Fsp3) is 0.929. The zero-order chi connectivity index (χ0) is 13.0. The van der Waals surface area contributed by atoms with Crippen LogP contribution in [-0.4, -0.2) is 30.1 Å². The van der Waals surface area contributed by atoms with E-state index in [1.165, 1.54) is 25.7 Å². The highest BCUT2D eigenvalue weighted by Crippen LogP contribution is 2.35. The molecule has 0 radical (unpaired) electrons. The average molecular weight is 319 g/mol. The lowest BCUT2D eigenvalue weighted by Gasteiger charge is -2.26. The molecule has 0 heterocycles. The smallest absolute Gasteiger partial charge is 0.309 e. The third-order valence-electron chi connectivity index (χ3n) is 4.13. The summed E-state index contributed by atoms with van der Waals surface area (Å²) in [7, 11) is 0. The SMILES string of the molecule is CCOC(=O)C1CC(Br)C(OCCC2CCC2)C1. The Morgan fingerprint density at radius 1 is 1.33 bits per heavy atom. The Labute approximate surface area is 118 Å². The molecule has 3 unspecified atom stereocenters. The molecular weight excluding hydrogens is 296 g/mol. The van der Waals surface area contributed by atoms with E-state index in [4.69, 9.17) is 9.47 Å². The van der Waals surface area contributed by atoms with Gasteiger partial charge in [0.25, 0.3) is 0 Å². The molecule has 0 N–H and O–H groups in total. The molecule has 18 heavy (non-hydrogen) atoms. The monoisotopic (exact) mass is 318 g/mol. The van der Waals surface area contributed by atoms with Crippen LogP contribution in [0.3, 0.4) is 0 Å². The molecule has 0 aromatic rings. The van der Waals surface area contributed by atoms with Gasteiger partial charge in [0, 0.05) is 11.4 Å². The minimum atomic E-state index is -0.0629. The Hall–Kier alpha value is -0.0900. The zero-order valence-corrected chi connectivity index (χ0v) is 12.7. The Morgan fingerprint density at radius 3 is 2.72 bits per heavy atom. The van der Waals surface area contributed by atoms with Crippen molar-refractivity contribution < 1.29 is 14.3 Å². The number of hydrogen-bond acceptors (Lipinski definition) is 3. The highest BCUT2D eigenvalue weighted by molar-refractivity contribution is 9.09. The van der Waals surface area contributed by atoms with Crippen LogP contribution in [0.25, 0.3) is 0 Å². The number of halogens is 1. The van der Waals surface area contributed by atoms with Gasteiger partial charge in [-0.25, -0.2) is 0 Å². The number of hydrogen-bond donors (Lipinski definition) is 0. The van der Waals surface area contributed by atoms with Crippen LogP contribution in [0, 0.1) is 11.8 Å². The predicted molar refractivity (Wildman–Crippen MR) is 73.8 cm³/mol. The van der Waals surface area contributed by atoms with Gasteiger partial charge in [0.05, 0.1) is 18.6 Å². The first-order chi connectivity index (χ1) is 8.70. The molecule has 0 bridgehead atoms. The Kier molecular flexibility index (Phi) is 5.49. The summed E-state index contributed by atoms with van der Waals surface area (Å²) in [6.07, 6.45) is 7.14. The molecule has 2 saturated carbocycles. The highest BCUT2D eigenvalue weighted by atomic mass is 79.9. The van der Waals surface area contributed by atoms with Crippen molar-refractivity contribution in [2.45, 2.75) is 56.4 Å². The molecule has 4 heteroatoms. The molecule has 2 aliphatic rings. The van der Waals surface area contributed by atoms with E-state index in [2.05, 4.69) is 15.9 Å². The van der Waals surface area contributed by atoms with Crippen LogP contribution < -0.4 is 0 Å². The zero-order valence-electron chi connectivity index (χ0n) is 11.1. The van der Waals surface area contributed by atoms with E-state index in [-0.39, 0.29) is 18.0 Å². The lowest BCUT2D eigenvalue weighted by atomic mass is 9.83. The molecule has 3 nitrogen and oxygen atoms in total. The fourth-order valence-electron chi connectivity index (χ4n) is 2.74. The lowest BCUT2D eigenvalue weighted by Crippen LogP contribution is -2.21. The van der Waals surface area contributed by atoms with Gasteiger partial charge in [-0.2, -0.15) is 0 Å². The van der Waals surface area contributed by atoms with Gasteiger partial charge < -0.3 is 9.47 Å². The summed E-state index contributed by atoms with van der Waals surface area (Å²) >= 11 is 3.63. The summed E-state index contributed by atoms with van der Waals surface area (Å²) in [5.74, 6) is 0.844. The van der Waals surface area contributed by atoms with Crippen molar-refractivity contribution in [1.29, 1.82) is 0 Å². The summed E-state index contributed by atoms with van der Waals surface area (Å²) < 4.78 is 11.0. The number of ether oxygens (including phenoxy) is 2. The Balaban J connectivity index is 1.67. The van der Waals surface area contributed by atoms with Crippen molar-refractivity contribution in [2.75, 3.05) is 13.2 Å². The van der Waals surface area contributed by atoms with Gasteiger partial charge in [0.2, 0.25) is 0 Å². The van der Waals surface area contributed by atoms with Crippen LogP contribution in [0.4, 0.5) is 0 Å². The number of carbonyl (C=O) groups excluding carboxylic acids is 1. The molecule has 0 aromatic carbocycles. The van der Waals surface area contributed by atoms with Crippen LogP contribution in [0.15, 0.2) is 0 Å². The van der Waals surface area contributed by atoms with E-state index in [0.29, 0.717) is 11.4 Å². The molecule has 0 saturated heterocycles. The molecule has 3 atom stereocenters. The first kappa shape index (κ1) is 14.3. The standard InChI is InChI=1S/C14H23BrO3/c1-2-17-14(16)11-8-12(15)13(9-11)18-7-6-10-4-3-5-10/h10-13H,2-9H2,1H3. The van der Waals surface area contributed by atoms with Gasteiger partial charge in [-0.1, -0.05) is 35.2 Å². The number of carbonyl (C=O) groups is 1. The fourth-order valence-corrected chi connectivity index (χ4v) is 3.56. The van der Waals surface area contributed by atoms with Gasteiger partial charge in [-0.05, 0) is 32.1 Å². The quantitative estimate of drug-likeness (QED) is 0.557. The molecule has 2 aliphatic carbocycles. The second kappa shape index (κ2) is 6.90. The number of alkyl halides is 1. The summed E-state index contributed by atoms with van der Waals surface area (Å²) in [4.78, 5) is 12.0. The van der Waals surface area contributed by atoms with Crippen LogP contribution in [0.5, 0.6) is 0 Å². The third kappa shape index (κ3) is 3.70. The predicted octanol–water partition coefficient (Wildman–Crippen LogP) is 3.30. The van der Waals surface area contributed by atoms with Gasteiger partial charge in [0.1, 0.15) is 0 Å². The molecule has 2 fully saturated rings. The minimum absolute atomic E-state index is 0.0167. The van der Waals surface area contributed by atoms with Gasteiger partial charge in [-0.15, -0.1) is 0 Å². The van der Waals surface area contributed by atoms with Crippen molar-refractivity contribution in [3.05, 3.63) is 0 Å². The van der Waals surface area contributed by atoms with Crippen LogP contribution in [0.2, 0.25) is 0 Å². The van der Waals surface area contributed by atoms with Crippen molar-refractivity contribution in [1.82, 2.24) is 0 Å². The average Bonchev–Trinajstić information content (AvgIpc) is 2.64. The molecular formula is C14H23BrO3. The summed E-state index contributed by atoms with van der Waals surface area (Å²) in [6.45, 7) is 3.16. The topological polar surface area (TPSA) is 35.5 Å². The Morgan fingerprint density at radius 2 is 2.11 bits per heavy atom.